The van der Waals surface area contributed by atoms with E-state index in [1.807, 2.05) is 6.92 Å². The highest BCUT2D eigenvalue weighted by atomic mass is 35.5. The zero-order chi connectivity index (χ0) is 13.2. The number of hydrogen-bond donors (Lipinski definition) is 1. The molecule has 0 aliphatic heterocycles. The van der Waals surface area contributed by atoms with E-state index in [0.29, 0.717) is 11.1 Å². The van der Waals surface area contributed by atoms with Crippen LogP contribution in [0.5, 0.6) is 0 Å². The van der Waals surface area contributed by atoms with Gasteiger partial charge in [-0.05, 0) is 12.8 Å². The average Bonchev–Trinajstić information content (AvgIpc) is 2.18. The maximum Gasteiger partial charge on any atom is 0.137 e. The summed E-state index contributed by atoms with van der Waals surface area (Å²) in [4.78, 5) is 8.92. The zero-order valence-corrected chi connectivity index (χ0v) is 12.3. The Kier molecular flexibility index (Phi) is 4.36. The van der Waals surface area contributed by atoms with Gasteiger partial charge in [0.15, 0.2) is 0 Å². The van der Waals surface area contributed by atoms with Crippen LogP contribution in [-0.2, 0) is 5.41 Å². The van der Waals surface area contributed by atoms with Crippen LogP contribution in [0.3, 0.4) is 0 Å². The molecule has 0 aliphatic rings. The second-order valence-electron chi connectivity index (χ2n) is 5.84. The number of hydrogen-bond acceptors (Lipinski definition) is 3. The van der Waals surface area contributed by atoms with Gasteiger partial charge in [-0.15, -0.1) is 0 Å². The quantitative estimate of drug-likeness (QED) is 0.835. The Morgan fingerprint density at radius 3 is 2.29 bits per heavy atom. The number of rotatable bonds is 3. The summed E-state index contributed by atoms with van der Waals surface area (Å²) in [7, 11) is 0. The Bertz CT molecular complexity index is 394. The summed E-state index contributed by atoms with van der Waals surface area (Å²) in [6.45, 7) is 13.4. The largest absolute Gasteiger partial charge is 0.369 e. The van der Waals surface area contributed by atoms with E-state index in [2.05, 4.69) is 49.9 Å². The van der Waals surface area contributed by atoms with Gasteiger partial charge in [-0.25, -0.2) is 9.97 Å². The van der Waals surface area contributed by atoms with E-state index < -0.39 is 0 Å². The van der Waals surface area contributed by atoms with Crippen molar-refractivity contribution >= 4 is 17.4 Å². The maximum atomic E-state index is 6.15. The molecular weight excluding hydrogens is 234 g/mol. The van der Waals surface area contributed by atoms with Crippen molar-refractivity contribution in [3.63, 3.8) is 0 Å². The van der Waals surface area contributed by atoms with Crippen LogP contribution in [0.4, 0.5) is 5.82 Å². The van der Waals surface area contributed by atoms with E-state index in [0.717, 1.165) is 23.8 Å². The second kappa shape index (κ2) is 5.21. The van der Waals surface area contributed by atoms with Crippen LogP contribution in [-0.4, -0.2) is 16.5 Å². The molecule has 96 valence electrons. The highest BCUT2D eigenvalue weighted by Gasteiger charge is 2.20. The molecule has 0 aromatic carbocycles. The minimum Gasteiger partial charge on any atom is -0.369 e. The molecule has 1 aromatic rings. The minimum atomic E-state index is -0.0917. The van der Waals surface area contributed by atoms with Gasteiger partial charge in [0.2, 0.25) is 0 Å². The van der Waals surface area contributed by atoms with Crippen molar-refractivity contribution in [2.24, 2.45) is 5.92 Å². The lowest BCUT2D eigenvalue weighted by atomic mass is 9.95. The molecule has 0 atom stereocenters. The van der Waals surface area contributed by atoms with Gasteiger partial charge in [0.25, 0.3) is 0 Å². The van der Waals surface area contributed by atoms with Crippen LogP contribution < -0.4 is 5.32 Å². The fourth-order valence-corrected chi connectivity index (χ4v) is 1.47. The third-order valence-corrected chi connectivity index (χ3v) is 2.80. The monoisotopic (exact) mass is 255 g/mol. The lowest BCUT2D eigenvalue weighted by Gasteiger charge is -2.19. The number of nitrogens with one attached hydrogen (secondary N) is 1. The highest BCUT2D eigenvalue weighted by molar-refractivity contribution is 6.30. The summed E-state index contributed by atoms with van der Waals surface area (Å²) in [5, 5.41) is 3.87. The van der Waals surface area contributed by atoms with Crippen molar-refractivity contribution in [1.29, 1.82) is 0 Å². The predicted octanol–water partition coefficient (Wildman–Crippen LogP) is 3.80. The standard InChI is InChI=1S/C13H22ClN3/c1-8(2)7-15-11-9(3)10(14)16-12(17-11)13(4,5)6/h8H,7H2,1-6H3,(H,15,16,17). The van der Waals surface area contributed by atoms with Crippen LogP contribution >= 0.6 is 11.6 Å². The maximum absolute atomic E-state index is 6.15. The van der Waals surface area contributed by atoms with Crippen molar-refractivity contribution in [3.8, 4) is 0 Å². The molecule has 4 heteroatoms. The van der Waals surface area contributed by atoms with E-state index in [4.69, 9.17) is 11.6 Å². The molecule has 0 radical (unpaired) electrons. The minimum absolute atomic E-state index is 0.0917. The normalized spacial score (nSPS) is 12.0. The molecule has 1 heterocycles. The molecule has 3 nitrogen and oxygen atoms in total. The highest BCUT2D eigenvalue weighted by Crippen LogP contribution is 2.26. The Morgan fingerprint density at radius 1 is 1.24 bits per heavy atom. The van der Waals surface area contributed by atoms with Gasteiger partial charge in [0, 0.05) is 17.5 Å². The summed E-state index contributed by atoms with van der Waals surface area (Å²) in [5.41, 5.74) is 0.825. The molecule has 0 fully saturated rings. The third-order valence-electron chi connectivity index (χ3n) is 2.43. The van der Waals surface area contributed by atoms with Crippen molar-refractivity contribution in [2.75, 3.05) is 11.9 Å². The Labute approximate surface area is 109 Å². The van der Waals surface area contributed by atoms with Gasteiger partial charge < -0.3 is 5.32 Å². The van der Waals surface area contributed by atoms with Crippen LogP contribution in [0.25, 0.3) is 0 Å². The molecule has 0 amide bonds. The molecule has 1 aromatic heterocycles. The second-order valence-corrected chi connectivity index (χ2v) is 6.19. The lowest BCUT2D eigenvalue weighted by Crippen LogP contribution is -2.19. The molecule has 1 rings (SSSR count). The molecule has 0 aliphatic carbocycles. The zero-order valence-electron chi connectivity index (χ0n) is 11.6. The van der Waals surface area contributed by atoms with Crippen molar-refractivity contribution in [1.82, 2.24) is 9.97 Å². The predicted molar refractivity (Wildman–Crippen MR) is 73.8 cm³/mol. The molecular formula is C13H22ClN3. The molecule has 17 heavy (non-hydrogen) atoms. The molecule has 0 saturated heterocycles. The summed E-state index contributed by atoms with van der Waals surface area (Å²) >= 11 is 6.15. The summed E-state index contributed by atoms with van der Waals surface area (Å²) < 4.78 is 0. The SMILES string of the molecule is Cc1c(Cl)nc(C(C)(C)C)nc1NCC(C)C. The Balaban J connectivity index is 3.07. The number of nitrogens with zero attached hydrogens (tertiary/aromatic N) is 2. The third kappa shape index (κ3) is 3.84. The van der Waals surface area contributed by atoms with Gasteiger partial charge in [-0.1, -0.05) is 46.2 Å². The number of halogens is 1. The van der Waals surface area contributed by atoms with Gasteiger partial charge >= 0.3 is 0 Å². The Hall–Kier alpha value is -0.830. The smallest absolute Gasteiger partial charge is 0.137 e. The molecule has 0 saturated carbocycles. The molecule has 1 N–H and O–H groups in total. The molecule has 0 spiro atoms. The van der Waals surface area contributed by atoms with E-state index in [-0.39, 0.29) is 5.41 Å². The summed E-state index contributed by atoms with van der Waals surface area (Å²) in [5.74, 6) is 2.20. The first-order valence-corrected chi connectivity index (χ1v) is 6.38. The van der Waals surface area contributed by atoms with E-state index >= 15 is 0 Å². The number of aromatic nitrogens is 2. The van der Waals surface area contributed by atoms with E-state index in [9.17, 15) is 0 Å². The average molecular weight is 256 g/mol. The van der Waals surface area contributed by atoms with Crippen molar-refractivity contribution in [2.45, 2.75) is 47.0 Å². The van der Waals surface area contributed by atoms with Crippen LogP contribution in [0.15, 0.2) is 0 Å². The van der Waals surface area contributed by atoms with Crippen LogP contribution in [0.2, 0.25) is 5.15 Å². The first-order valence-electron chi connectivity index (χ1n) is 6.00. The van der Waals surface area contributed by atoms with Crippen LogP contribution in [0, 0.1) is 12.8 Å². The van der Waals surface area contributed by atoms with Gasteiger partial charge in [-0.3, -0.25) is 0 Å². The topological polar surface area (TPSA) is 37.8 Å². The van der Waals surface area contributed by atoms with Gasteiger partial charge in [-0.2, -0.15) is 0 Å². The lowest BCUT2D eigenvalue weighted by molar-refractivity contribution is 0.545. The molecule has 0 unspecified atom stereocenters. The van der Waals surface area contributed by atoms with Crippen LogP contribution in [0.1, 0.15) is 46.0 Å². The van der Waals surface area contributed by atoms with Gasteiger partial charge in [0.1, 0.15) is 16.8 Å². The first-order chi connectivity index (χ1) is 7.71. The van der Waals surface area contributed by atoms with E-state index in [1.165, 1.54) is 0 Å². The van der Waals surface area contributed by atoms with E-state index in [1.54, 1.807) is 0 Å². The fraction of sp³-hybridized carbons (Fsp3) is 0.692. The first kappa shape index (κ1) is 14.2. The summed E-state index contributed by atoms with van der Waals surface area (Å²) in [6.07, 6.45) is 0. The van der Waals surface area contributed by atoms with Gasteiger partial charge in [0.05, 0.1) is 0 Å². The van der Waals surface area contributed by atoms with Crippen molar-refractivity contribution < 1.29 is 0 Å². The summed E-state index contributed by atoms with van der Waals surface area (Å²) in [6, 6.07) is 0. The Morgan fingerprint density at radius 2 is 1.82 bits per heavy atom. The molecule has 0 bridgehead atoms. The number of anilines is 1. The van der Waals surface area contributed by atoms with Crippen molar-refractivity contribution in [3.05, 3.63) is 16.5 Å². The fourth-order valence-electron chi connectivity index (χ4n) is 1.30.